The van der Waals surface area contributed by atoms with E-state index in [-0.39, 0.29) is 24.7 Å². The Morgan fingerprint density at radius 1 is 1.42 bits per heavy atom. The van der Waals surface area contributed by atoms with Gasteiger partial charge >= 0.3 is 12.0 Å². The van der Waals surface area contributed by atoms with Crippen molar-refractivity contribution in [1.82, 2.24) is 20.0 Å². The van der Waals surface area contributed by atoms with E-state index in [1.165, 1.54) is 12.8 Å². The number of nitrogens with one attached hydrogen (secondary N) is 2. The number of carboxylic acids is 1. The van der Waals surface area contributed by atoms with Crippen molar-refractivity contribution in [3.05, 3.63) is 12.3 Å². The van der Waals surface area contributed by atoms with Crippen molar-refractivity contribution in [1.29, 1.82) is 0 Å². The number of nitrogens with zero attached hydrogens (tertiary/aromatic N) is 3. The van der Waals surface area contributed by atoms with Gasteiger partial charge in [-0.15, -0.1) is 0 Å². The summed E-state index contributed by atoms with van der Waals surface area (Å²) in [5, 5.41) is 18.9. The molecule has 3 N–H and O–H groups in total. The van der Waals surface area contributed by atoms with Crippen molar-refractivity contribution in [3.63, 3.8) is 0 Å². The summed E-state index contributed by atoms with van der Waals surface area (Å²) in [5.41, 5.74) is 0. The van der Waals surface area contributed by atoms with Gasteiger partial charge < -0.3 is 10.4 Å². The number of aryl methyl sites for hydroxylation is 1. The van der Waals surface area contributed by atoms with E-state index >= 15 is 0 Å². The zero-order chi connectivity index (χ0) is 17.1. The first-order valence-corrected chi connectivity index (χ1v) is 8.60. The molecule has 24 heavy (non-hydrogen) atoms. The van der Waals surface area contributed by atoms with Crippen LogP contribution in [0.15, 0.2) is 12.3 Å². The van der Waals surface area contributed by atoms with E-state index in [0.29, 0.717) is 18.3 Å². The van der Waals surface area contributed by atoms with Crippen molar-refractivity contribution < 1.29 is 14.7 Å². The smallest absolute Gasteiger partial charge is 0.320 e. The Bertz CT molecular complexity index is 592. The predicted octanol–water partition coefficient (Wildman–Crippen LogP) is 1.35. The van der Waals surface area contributed by atoms with E-state index in [1.54, 1.807) is 16.9 Å². The third-order valence-electron chi connectivity index (χ3n) is 4.75. The maximum absolute atomic E-state index is 12.1. The fraction of sp³-hybridized carbons (Fsp3) is 0.688. The SMILES string of the molecule is CCn1nccc1NC(=O)NC1CC(N(CC(=O)O)CC2CC2)C1. The number of carbonyl (C=O) groups is 2. The van der Waals surface area contributed by atoms with Crippen LogP contribution in [-0.2, 0) is 11.3 Å². The monoisotopic (exact) mass is 335 g/mol. The summed E-state index contributed by atoms with van der Waals surface area (Å²) < 4.78 is 1.72. The second-order valence-electron chi connectivity index (χ2n) is 6.72. The number of anilines is 1. The Morgan fingerprint density at radius 2 is 2.17 bits per heavy atom. The number of aliphatic carboxylic acids is 1. The van der Waals surface area contributed by atoms with Crippen LogP contribution in [0.3, 0.4) is 0 Å². The Kier molecular flexibility index (Phi) is 5.03. The number of hydrogen-bond donors (Lipinski definition) is 3. The van der Waals surface area contributed by atoms with Crippen LogP contribution in [0.2, 0.25) is 0 Å². The molecule has 8 heteroatoms. The number of carbonyl (C=O) groups excluding carboxylic acids is 1. The van der Waals surface area contributed by atoms with Crippen molar-refractivity contribution in [2.75, 3.05) is 18.4 Å². The van der Waals surface area contributed by atoms with Gasteiger partial charge in [-0.05, 0) is 38.5 Å². The van der Waals surface area contributed by atoms with Crippen LogP contribution in [-0.4, -0.2) is 57.0 Å². The van der Waals surface area contributed by atoms with Gasteiger partial charge in [0.05, 0.1) is 12.7 Å². The summed E-state index contributed by atoms with van der Waals surface area (Å²) in [6, 6.07) is 1.88. The second kappa shape index (κ2) is 7.21. The van der Waals surface area contributed by atoms with Gasteiger partial charge in [0.25, 0.3) is 0 Å². The lowest BCUT2D eigenvalue weighted by Gasteiger charge is -2.42. The number of aromatic nitrogens is 2. The van der Waals surface area contributed by atoms with E-state index in [2.05, 4.69) is 20.6 Å². The van der Waals surface area contributed by atoms with Gasteiger partial charge in [-0.2, -0.15) is 5.10 Å². The summed E-state index contributed by atoms with van der Waals surface area (Å²) in [6.45, 7) is 3.62. The van der Waals surface area contributed by atoms with Crippen LogP contribution < -0.4 is 10.6 Å². The maximum Gasteiger partial charge on any atom is 0.320 e. The summed E-state index contributed by atoms with van der Waals surface area (Å²) in [6.07, 6.45) is 5.68. The van der Waals surface area contributed by atoms with Crippen LogP contribution in [0.4, 0.5) is 10.6 Å². The van der Waals surface area contributed by atoms with Crippen molar-refractivity contribution in [2.24, 2.45) is 5.92 Å². The minimum Gasteiger partial charge on any atom is -0.480 e. The summed E-state index contributed by atoms with van der Waals surface area (Å²) >= 11 is 0. The summed E-state index contributed by atoms with van der Waals surface area (Å²) in [4.78, 5) is 25.1. The molecule has 132 valence electrons. The van der Waals surface area contributed by atoms with E-state index in [4.69, 9.17) is 5.11 Å². The highest BCUT2D eigenvalue weighted by atomic mass is 16.4. The van der Waals surface area contributed by atoms with E-state index in [1.807, 2.05) is 6.92 Å². The first-order valence-electron chi connectivity index (χ1n) is 8.60. The number of urea groups is 1. The summed E-state index contributed by atoms with van der Waals surface area (Å²) in [7, 11) is 0. The fourth-order valence-corrected chi connectivity index (χ4v) is 3.18. The highest BCUT2D eigenvalue weighted by Gasteiger charge is 2.37. The van der Waals surface area contributed by atoms with Gasteiger partial charge in [0.15, 0.2) is 0 Å². The van der Waals surface area contributed by atoms with E-state index in [0.717, 1.165) is 19.4 Å². The fourth-order valence-electron chi connectivity index (χ4n) is 3.18. The van der Waals surface area contributed by atoms with Crippen LogP contribution >= 0.6 is 0 Å². The Labute approximate surface area is 141 Å². The van der Waals surface area contributed by atoms with Gasteiger partial charge in [-0.1, -0.05) is 0 Å². The average molecular weight is 335 g/mol. The molecule has 2 saturated carbocycles. The number of carboxylic acid groups (broad SMARTS) is 1. The molecule has 1 heterocycles. The predicted molar refractivity (Wildman–Crippen MR) is 88.8 cm³/mol. The zero-order valence-electron chi connectivity index (χ0n) is 13.9. The van der Waals surface area contributed by atoms with E-state index in [9.17, 15) is 9.59 Å². The number of hydrogen-bond acceptors (Lipinski definition) is 4. The van der Waals surface area contributed by atoms with Crippen LogP contribution in [0, 0.1) is 5.92 Å². The molecular weight excluding hydrogens is 310 g/mol. The molecular formula is C16H25N5O3. The molecule has 1 aromatic heterocycles. The van der Waals surface area contributed by atoms with Crippen LogP contribution in [0.5, 0.6) is 0 Å². The number of rotatable bonds is 8. The molecule has 0 aromatic carbocycles. The molecule has 8 nitrogen and oxygen atoms in total. The molecule has 0 atom stereocenters. The largest absolute Gasteiger partial charge is 0.480 e. The molecule has 0 radical (unpaired) electrons. The molecule has 3 rings (SSSR count). The first kappa shape index (κ1) is 16.8. The lowest BCUT2D eigenvalue weighted by Crippen LogP contribution is -2.56. The minimum absolute atomic E-state index is 0.0930. The molecule has 0 spiro atoms. The Balaban J connectivity index is 1.43. The lowest BCUT2D eigenvalue weighted by molar-refractivity contribution is -0.139. The molecule has 2 fully saturated rings. The molecule has 2 aliphatic rings. The molecule has 2 aliphatic carbocycles. The Morgan fingerprint density at radius 3 is 2.79 bits per heavy atom. The van der Waals surface area contributed by atoms with Gasteiger partial charge in [0.2, 0.25) is 0 Å². The normalized spacial score (nSPS) is 22.9. The standard InChI is InChI=1S/C16H25N5O3/c1-2-21-14(5-6-17-21)19-16(24)18-12-7-13(8-12)20(10-15(22)23)9-11-3-4-11/h5-6,11-13H,2-4,7-10H2,1H3,(H,22,23)(H2,18,19,24). The minimum atomic E-state index is -0.780. The average Bonchev–Trinajstić information content (AvgIpc) is 3.18. The van der Waals surface area contributed by atoms with Gasteiger partial charge in [-0.3, -0.25) is 15.0 Å². The van der Waals surface area contributed by atoms with Crippen molar-refractivity contribution in [3.8, 4) is 0 Å². The summed E-state index contributed by atoms with van der Waals surface area (Å²) in [5.74, 6) is 0.554. The molecule has 0 bridgehead atoms. The zero-order valence-corrected chi connectivity index (χ0v) is 13.9. The molecule has 0 saturated heterocycles. The molecule has 1 aromatic rings. The third-order valence-corrected chi connectivity index (χ3v) is 4.75. The van der Waals surface area contributed by atoms with Gasteiger partial charge in [-0.25, -0.2) is 9.48 Å². The highest BCUT2D eigenvalue weighted by molar-refractivity contribution is 5.88. The Hall–Kier alpha value is -2.09. The lowest BCUT2D eigenvalue weighted by atomic mass is 9.85. The first-order chi connectivity index (χ1) is 11.5. The van der Waals surface area contributed by atoms with Gasteiger partial charge in [0.1, 0.15) is 5.82 Å². The maximum atomic E-state index is 12.1. The molecule has 2 amide bonds. The third kappa shape index (κ3) is 4.25. The van der Waals surface area contributed by atoms with E-state index < -0.39 is 5.97 Å². The number of amides is 2. The van der Waals surface area contributed by atoms with Gasteiger partial charge in [0, 0.05) is 31.2 Å². The highest BCUT2D eigenvalue weighted by Crippen LogP contribution is 2.33. The molecule has 0 unspecified atom stereocenters. The van der Waals surface area contributed by atoms with Crippen molar-refractivity contribution in [2.45, 2.75) is 51.2 Å². The quantitative estimate of drug-likeness (QED) is 0.666. The van der Waals surface area contributed by atoms with Crippen LogP contribution in [0.1, 0.15) is 32.6 Å². The van der Waals surface area contributed by atoms with Crippen LogP contribution in [0.25, 0.3) is 0 Å². The topological polar surface area (TPSA) is 99.5 Å². The molecule has 0 aliphatic heterocycles. The van der Waals surface area contributed by atoms with Crippen molar-refractivity contribution >= 4 is 17.8 Å². The second-order valence-corrected chi connectivity index (χ2v) is 6.72.